The first-order valence-electron chi connectivity index (χ1n) is 34.2. The highest BCUT2D eigenvalue weighted by Crippen LogP contribution is 2.49. The first-order valence-corrected chi connectivity index (χ1v) is 41.3. The standard InChI is InChI=1S/C29H24ClN3O2S2.C25H20N4O3S3.C25H25N3OS3/c30-20-10-12-21(13-11-20)35-18-26(34)32-29-27(28-31-23-8-4-5-9-24(23)36-28)22-14-15-33(17-25(22)37-29)16-19-6-2-1-3-7-19;1-2-28-10-9-16-21(13-28)35-25(22(16)24-26-17-5-3-4-6-19(17)34-24)27-23(30)20-12-14-11-15(29(31)32)7-8-18(14)33-20;1-2-28-14-12-18-21(16-28)32-25(23(18)24-26-19-10-6-7-11-20(19)31-24)27-22(29)13-15-30-17-8-4-3-5-9-17/h1-13H,14-18H2,(H,32,34);3-8,11-12H,2,9-10,13H2,1H3,(H,27,30);3-11H,2,12-16H2,1H3,(H,27,29). The average molecular weight is 1550 g/mol. The topological polar surface area (TPSA) is 188 Å². The number of para-hydroxylation sites is 3. The van der Waals surface area contributed by atoms with Crippen LogP contribution in [0.4, 0.5) is 20.7 Å². The van der Waals surface area contributed by atoms with E-state index in [9.17, 15) is 24.5 Å². The maximum atomic E-state index is 13.3. The number of rotatable bonds is 19. The Hall–Kier alpha value is -8.60. The number of benzene rings is 7. The lowest BCUT2D eigenvalue weighted by atomic mass is 10.0. The van der Waals surface area contributed by atoms with Crippen molar-refractivity contribution in [3.8, 4) is 37.5 Å². The molecule has 3 amide bonds. The molecule has 14 aromatic rings. The zero-order valence-electron chi connectivity index (χ0n) is 56.7. The Labute approximate surface area is 638 Å². The molecule has 16 nitrogen and oxygen atoms in total. The molecule has 0 unspecified atom stereocenters. The number of nitrogens with zero attached hydrogens (tertiary/aromatic N) is 7. The highest BCUT2D eigenvalue weighted by Gasteiger charge is 2.32. The van der Waals surface area contributed by atoms with Crippen LogP contribution in [-0.2, 0) is 55.0 Å². The molecule has 3 aliphatic heterocycles. The predicted octanol–water partition coefficient (Wildman–Crippen LogP) is 20.6. The van der Waals surface area contributed by atoms with Crippen LogP contribution in [0.3, 0.4) is 0 Å². The van der Waals surface area contributed by atoms with Crippen molar-refractivity contribution in [1.82, 2.24) is 29.7 Å². The molecule has 0 saturated carbocycles. The number of nitro benzene ring substituents is 1. The van der Waals surface area contributed by atoms with Crippen LogP contribution in [-0.4, -0.2) is 97.4 Å². The van der Waals surface area contributed by atoms with Gasteiger partial charge in [0.25, 0.3) is 17.5 Å². The number of carbonyl (C=O) groups is 3. The summed E-state index contributed by atoms with van der Waals surface area (Å²) in [4.78, 5) is 77.6. The average Bonchev–Trinajstić information content (AvgIpc) is 1.62. The molecule has 3 aliphatic rings. The lowest BCUT2D eigenvalue weighted by molar-refractivity contribution is -0.384. The van der Waals surface area contributed by atoms with E-state index in [4.69, 9.17) is 31.3 Å². The van der Waals surface area contributed by atoms with Gasteiger partial charge >= 0.3 is 0 Å². The molecule has 0 aliphatic carbocycles. The molecule has 0 spiro atoms. The highest BCUT2D eigenvalue weighted by atomic mass is 35.5. The largest absolute Gasteiger partial charge is 0.484 e. The molecule has 10 heterocycles. The number of amides is 3. The second-order valence-corrected chi connectivity index (χ2v) is 34.2. The molecule has 25 heteroatoms. The van der Waals surface area contributed by atoms with Gasteiger partial charge in [-0.15, -0.1) is 91.1 Å². The lowest BCUT2D eigenvalue weighted by Gasteiger charge is -2.27. The number of anilines is 3. The number of likely N-dealkylation sites (N-methyl/N-ethyl adjacent to an activating group) is 2. The van der Waals surface area contributed by atoms with Crippen molar-refractivity contribution in [1.29, 1.82) is 0 Å². The van der Waals surface area contributed by atoms with Gasteiger partial charge in [0.2, 0.25) is 5.91 Å². The number of thioether (sulfide) groups is 1. The van der Waals surface area contributed by atoms with Gasteiger partial charge in [-0.05, 0) is 140 Å². The summed E-state index contributed by atoms with van der Waals surface area (Å²) in [5, 5.41) is 27.5. The number of nitro groups is 1. The SMILES string of the molecule is CCN1CCc2c(sc(NC(=O)CCSc3ccccc3)c2-c2nc3ccccc3s2)C1.CCN1CCc2c(sc(NC(=O)c3cc4cc([N+](=O)[O-])ccc4s3)c2-c2nc3ccccc3s2)C1.O=C(COc1ccc(Cl)cc1)Nc1sc2c(c1-c1nc3ccccc3s1)CCN(Cc1ccccc1)C2. The fourth-order valence-corrected chi connectivity index (χ4v) is 22.2. The number of thiazole rings is 3. The lowest BCUT2D eigenvalue weighted by Crippen LogP contribution is -2.29. The van der Waals surface area contributed by atoms with Crippen molar-refractivity contribution >= 4 is 182 Å². The number of hydrogen-bond donors (Lipinski definition) is 3. The third-order valence-electron chi connectivity index (χ3n) is 18.3. The van der Waals surface area contributed by atoms with Crippen molar-refractivity contribution in [2.45, 2.75) is 70.6 Å². The summed E-state index contributed by atoms with van der Waals surface area (Å²) in [6.45, 7) is 12.9. The summed E-state index contributed by atoms with van der Waals surface area (Å²) in [7, 11) is 0. The van der Waals surface area contributed by atoms with E-state index in [1.807, 2.05) is 66.7 Å². The Kier molecular flexibility index (Phi) is 22.1. The third-order valence-corrected chi connectivity index (χ3v) is 27.2. The van der Waals surface area contributed by atoms with Gasteiger partial charge in [0.15, 0.2) is 6.61 Å². The Bertz CT molecular complexity index is 5360. The zero-order chi connectivity index (χ0) is 71.2. The maximum Gasteiger partial charge on any atom is 0.270 e. The summed E-state index contributed by atoms with van der Waals surface area (Å²) in [6, 6.07) is 58.7. The van der Waals surface area contributed by atoms with Crippen molar-refractivity contribution < 1.29 is 24.0 Å². The quantitative estimate of drug-likeness (QED) is 0.0394. The van der Waals surface area contributed by atoms with Crippen LogP contribution in [0.25, 0.3) is 72.4 Å². The number of hydrogen-bond acceptors (Lipinski definition) is 20. The molecular formula is C79H69ClN10O6S8. The smallest absolute Gasteiger partial charge is 0.270 e. The third kappa shape index (κ3) is 16.3. The van der Waals surface area contributed by atoms with Gasteiger partial charge in [-0.25, -0.2) is 15.0 Å². The van der Waals surface area contributed by atoms with E-state index in [0.29, 0.717) is 27.5 Å². The molecular weight excluding hydrogens is 1480 g/mol. The molecule has 0 saturated heterocycles. The van der Waals surface area contributed by atoms with Crippen molar-refractivity contribution in [2.24, 2.45) is 0 Å². The van der Waals surface area contributed by atoms with Crippen LogP contribution in [0, 0.1) is 10.1 Å². The Morgan fingerprint density at radius 3 is 1.51 bits per heavy atom. The number of halogens is 1. The minimum Gasteiger partial charge on any atom is -0.484 e. The number of nitrogens with one attached hydrogen (secondary N) is 3. The molecule has 0 bridgehead atoms. The van der Waals surface area contributed by atoms with Gasteiger partial charge in [0.1, 0.15) is 35.8 Å². The Morgan fingerprint density at radius 2 is 1.00 bits per heavy atom. The van der Waals surface area contributed by atoms with Crippen LogP contribution in [0.2, 0.25) is 5.02 Å². The first-order chi connectivity index (χ1) is 50.8. The van der Waals surface area contributed by atoms with Crippen molar-refractivity contribution in [2.75, 3.05) is 61.0 Å². The second-order valence-electron chi connectivity index (χ2n) is 25.1. The number of thiophene rings is 4. The number of non-ortho nitro benzene ring substituents is 1. The fourth-order valence-electron chi connectivity index (χ4n) is 13.0. The van der Waals surface area contributed by atoms with Gasteiger partial charge in [-0.3, -0.25) is 39.2 Å². The predicted molar refractivity (Wildman–Crippen MR) is 435 cm³/mol. The van der Waals surface area contributed by atoms with Gasteiger partial charge in [0.05, 0.1) is 40.5 Å². The molecule has 0 radical (unpaired) electrons. The van der Waals surface area contributed by atoms with E-state index in [0.717, 1.165) is 161 Å². The van der Waals surface area contributed by atoms with Crippen LogP contribution in [0.15, 0.2) is 187 Å². The number of carbonyl (C=O) groups excluding carboxylic acids is 3. The Morgan fingerprint density at radius 1 is 0.529 bits per heavy atom. The van der Waals surface area contributed by atoms with Crippen LogP contribution in [0.5, 0.6) is 5.75 Å². The minimum atomic E-state index is -0.420. The number of ether oxygens (including phenoxy) is 1. The van der Waals surface area contributed by atoms with Crippen LogP contribution >= 0.6 is 103 Å². The minimum absolute atomic E-state index is 0.0202. The van der Waals surface area contributed by atoms with E-state index in [-0.39, 0.29) is 30.0 Å². The van der Waals surface area contributed by atoms with Gasteiger partial charge < -0.3 is 20.7 Å². The summed E-state index contributed by atoms with van der Waals surface area (Å²) >= 11 is 19.1. The molecule has 7 aromatic heterocycles. The van der Waals surface area contributed by atoms with Gasteiger partial charge in [-0.2, -0.15) is 0 Å². The molecule has 3 N–H and O–H groups in total. The monoisotopic (exact) mass is 1540 g/mol. The van der Waals surface area contributed by atoms with E-state index in [2.05, 4.69) is 111 Å². The van der Waals surface area contributed by atoms with E-state index >= 15 is 0 Å². The summed E-state index contributed by atoms with van der Waals surface area (Å²) in [6.07, 6.45) is 3.33. The van der Waals surface area contributed by atoms with Crippen molar-refractivity contribution in [3.63, 3.8) is 0 Å². The van der Waals surface area contributed by atoms with Crippen LogP contribution < -0.4 is 20.7 Å². The Balaban J connectivity index is 0.000000126. The summed E-state index contributed by atoms with van der Waals surface area (Å²) in [5.41, 5.74) is 11.5. The fraction of sp³-hybridized carbons (Fsp3) is 0.215. The summed E-state index contributed by atoms with van der Waals surface area (Å²) < 4.78 is 9.98. The zero-order valence-corrected chi connectivity index (χ0v) is 63.9. The highest BCUT2D eigenvalue weighted by molar-refractivity contribution is 7.99. The van der Waals surface area contributed by atoms with E-state index in [1.54, 1.807) is 116 Å². The second kappa shape index (κ2) is 32.4. The van der Waals surface area contributed by atoms with Gasteiger partial charge in [-0.1, -0.05) is 110 Å². The van der Waals surface area contributed by atoms with Gasteiger partial charge in [0, 0.05) is 121 Å². The van der Waals surface area contributed by atoms with Crippen molar-refractivity contribution in [3.05, 3.63) is 239 Å². The molecule has 0 atom stereocenters. The number of aromatic nitrogens is 3. The van der Waals surface area contributed by atoms with Crippen LogP contribution in [0.1, 0.15) is 66.8 Å². The first kappa shape index (κ1) is 71.0. The summed E-state index contributed by atoms with van der Waals surface area (Å²) in [5.74, 6) is 1.04. The molecule has 17 rings (SSSR count). The van der Waals surface area contributed by atoms with E-state index < -0.39 is 4.92 Å². The molecule has 0 fully saturated rings. The maximum absolute atomic E-state index is 13.3. The molecule has 104 heavy (non-hydrogen) atoms. The van der Waals surface area contributed by atoms with E-state index in [1.165, 1.54) is 70.0 Å². The number of fused-ring (bicyclic) bond motifs is 7. The molecule has 526 valence electrons. The molecule has 7 aromatic carbocycles. The normalized spacial score (nSPS) is 13.7.